The second-order valence-corrected chi connectivity index (χ2v) is 6.25. The minimum Gasteiger partial charge on any atom is -0.493 e. The molecule has 2 heterocycles. The lowest BCUT2D eigenvalue weighted by molar-refractivity contribution is 0.0398. The van der Waals surface area contributed by atoms with Crippen LogP contribution in [0, 0.1) is 0 Å². The van der Waals surface area contributed by atoms with Crippen LogP contribution >= 0.6 is 0 Å². The van der Waals surface area contributed by atoms with Crippen LogP contribution in [0.2, 0.25) is 0 Å². The first-order valence-corrected chi connectivity index (χ1v) is 9.04. The fraction of sp³-hybridized carbons (Fsp3) is 0.474. The van der Waals surface area contributed by atoms with E-state index in [2.05, 4.69) is 20.2 Å². The summed E-state index contributed by atoms with van der Waals surface area (Å²) >= 11 is 0. The fourth-order valence-corrected chi connectivity index (χ4v) is 2.95. The van der Waals surface area contributed by atoms with Gasteiger partial charge in [-0.3, -0.25) is 4.90 Å². The van der Waals surface area contributed by atoms with Gasteiger partial charge in [-0.1, -0.05) is 0 Å². The summed E-state index contributed by atoms with van der Waals surface area (Å²) in [5.74, 6) is 1.23. The molecule has 1 aromatic heterocycles. The maximum atomic E-state index is 13.3. The van der Waals surface area contributed by atoms with Crippen molar-refractivity contribution in [1.82, 2.24) is 14.9 Å². The molecule has 3 rings (SSSR count). The van der Waals surface area contributed by atoms with Crippen LogP contribution in [0.4, 0.5) is 14.7 Å². The van der Waals surface area contributed by atoms with Gasteiger partial charge in [-0.2, -0.15) is 0 Å². The second kappa shape index (κ2) is 9.61. The van der Waals surface area contributed by atoms with Gasteiger partial charge in [0.1, 0.15) is 5.69 Å². The van der Waals surface area contributed by atoms with Crippen LogP contribution in [-0.2, 0) is 4.74 Å². The molecule has 0 amide bonds. The number of anilines is 1. The highest BCUT2D eigenvalue weighted by Crippen LogP contribution is 2.33. The minimum atomic E-state index is -2.69. The predicted molar refractivity (Wildman–Crippen MR) is 101 cm³/mol. The molecule has 0 bridgehead atoms. The monoisotopic (exact) mass is 394 g/mol. The van der Waals surface area contributed by atoms with Crippen molar-refractivity contribution in [3.8, 4) is 22.8 Å². The number of halogens is 2. The topological polar surface area (TPSA) is 68.7 Å². The molecule has 1 saturated heterocycles. The van der Waals surface area contributed by atoms with Crippen LogP contribution in [0.15, 0.2) is 24.3 Å². The van der Waals surface area contributed by atoms with Crippen molar-refractivity contribution in [2.24, 2.45) is 0 Å². The van der Waals surface area contributed by atoms with E-state index in [1.165, 1.54) is 20.3 Å². The van der Waals surface area contributed by atoms with Crippen molar-refractivity contribution in [1.29, 1.82) is 0 Å². The normalized spacial score (nSPS) is 14.9. The maximum absolute atomic E-state index is 13.3. The van der Waals surface area contributed by atoms with E-state index in [0.717, 1.165) is 19.6 Å². The Morgan fingerprint density at radius 2 is 1.86 bits per heavy atom. The maximum Gasteiger partial charge on any atom is 0.280 e. The van der Waals surface area contributed by atoms with E-state index in [-0.39, 0.29) is 11.6 Å². The van der Waals surface area contributed by atoms with E-state index in [4.69, 9.17) is 14.2 Å². The zero-order valence-corrected chi connectivity index (χ0v) is 16.0. The highest BCUT2D eigenvalue weighted by molar-refractivity contribution is 5.65. The molecule has 1 N–H and O–H groups in total. The molecule has 0 unspecified atom stereocenters. The highest BCUT2D eigenvalue weighted by Gasteiger charge is 2.16. The Balaban J connectivity index is 1.79. The van der Waals surface area contributed by atoms with Gasteiger partial charge < -0.3 is 19.5 Å². The summed E-state index contributed by atoms with van der Waals surface area (Å²) in [4.78, 5) is 10.6. The molecule has 28 heavy (non-hydrogen) atoms. The molecule has 0 spiro atoms. The number of nitrogens with one attached hydrogen (secondary N) is 1. The average Bonchev–Trinajstić information content (AvgIpc) is 2.73. The first kappa shape index (κ1) is 20.2. The standard InChI is InChI=1S/C19H24F2N4O3/c1-26-16-4-3-13(11-17(16)27-2)14-12-15(18(20)21)24-19(23-14)22-5-6-25-7-9-28-10-8-25/h3-4,11-12,18H,5-10H2,1-2H3,(H,22,23,24). The molecule has 9 heteroatoms. The predicted octanol–water partition coefficient (Wildman–Crippen LogP) is 2.84. The van der Waals surface area contributed by atoms with E-state index in [1.54, 1.807) is 18.2 Å². The van der Waals surface area contributed by atoms with E-state index < -0.39 is 6.43 Å². The SMILES string of the molecule is COc1ccc(-c2cc(C(F)F)nc(NCCN3CCOCC3)n2)cc1OC. The van der Waals surface area contributed by atoms with Gasteiger partial charge in [-0.25, -0.2) is 18.7 Å². The number of hydrogen-bond acceptors (Lipinski definition) is 7. The van der Waals surface area contributed by atoms with Gasteiger partial charge in [0, 0.05) is 31.7 Å². The Labute approximate surface area is 162 Å². The largest absolute Gasteiger partial charge is 0.493 e. The fourth-order valence-electron chi connectivity index (χ4n) is 2.95. The van der Waals surface area contributed by atoms with Crippen LogP contribution in [0.25, 0.3) is 11.3 Å². The molecule has 7 nitrogen and oxygen atoms in total. The molecule has 1 aliphatic heterocycles. The van der Waals surface area contributed by atoms with Gasteiger partial charge in [-0.15, -0.1) is 0 Å². The Morgan fingerprint density at radius 1 is 1.11 bits per heavy atom. The summed E-state index contributed by atoms with van der Waals surface area (Å²) in [7, 11) is 3.05. The Hall–Kier alpha value is -2.52. The summed E-state index contributed by atoms with van der Waals surface area (Å²) in [5.41, 5.74) is 0.701. The van der Waals surface area contributed by atoms with Gasteiger partial charge in [0.15, 0.2) is 11.5 Å². The number of aromatic nitrogens is 2. The number of hydrogen-bond donors (Lipinski definition) is 1. The highest BCUT2D eigenvalue weighted by atomic mass is 19.3. The van der Waals surface area contributed by atoms with E-state index in [1.807, 2.05) is 0 Å². The van der Waals surface area contributed by atoms with Crippen molar-refractivity contribution in [2.75, 3.05) is 58.9 Å². The number of rotatable bonds is 8. The number of morpholine rings is 1. The zero-order chi connectivity index (χ0) is 19.9. The van der Waals surface area contributed by atoms with Crippen LogP contribution in [0.5, 0.6) is 11.5 Å². The Kier molecular flexibility index (Phi) is 6.94. The van der Waals surface area contributed by atoms with Crippen LogP contribution in [-0.4, -0.2) is 68.5 Å². The quantitative estimate of drug-likeness (QED) is 0.738. The van der Waals surface area contributed by atoms with Crippen LogP contribution in [0.1, 0.15) is 12.1 Å². The van der Waals surface area contributed by atoms with Gasteiger partial charge >= 0.3 is 0 Å². The molecule has 1 aromatic carbocycles. The zero-order valence-electron chi connectivity index (χ0n) is 16.0. The lowest BCUT2D eigenvalue weighted by Crippen LogP contribution is -2.39. The van der Waals surface area contributed by atoms with Crippen molar-refractivity contribution in [3.63, 3.8) is 0 Å². The summed E-state index contributed by atoms with van der Waals surface area (Å²) < 4.78 is 42.5. The van der Waals surface area contributed by atoms with Crippen LogP contribution < -0.4 is 14.8 Å². The Morgan fingerprint density at radius 3 is 2.54 bits per heavy atom. The first-order chi connectivity index (χ1) is 13.6. The third kappa shape index (κ3) is 5.05. The van der Waals surface area contributed by atoms with Crippen molar-refractivity contribution in [3.05, 3.63) is 30.0 Å². The lowest BCUT2D eigenvalue weighted by atomic mass is 10.1. The van der Waals surface area contributed by atoms with E-state index >= 15 is 0 Å². The molecular formula is C19H24F2N4O3. The van der Waals surface area contributed by atoms with Gasteiger partial charge in [0.05, 0.1) is 33.1 Å². The molecule has 0 atom stereocenters. The van der Waals surface area contributed by atoms with E-state index in [9.17, 15) is 8.78 Å². The summed E-state index contributed by atoms with van der Waals surface area (Å²) in [5, 5.41) is 3.05. The lowest BCUT2D eigenvalue weighted by Gasteiger charge is -2.26. The molecule has 0 radical (unpaired) electrons. The summed E-state index contributed by atoms with van der Waals surface area (Å²) in [6.45, 7) is 4.45. The number of methoxy groups -OCH3 is 2. The summed E-state index contributed by atoms with van der Waals surface area (Å²) in [6, 6.07) is 6.45. The van der Waals surface area contributed by atoms with Gasteiger partial charge in [0.25, 0.3) is 6.43 Å². The van der Waals surface area contributed by atoms with Crippen molar-refractivity contribution < 1.29 is 23.0 Å². The molecule has 1 aliphatic rings. The van der Waals surface area contributed by atoms with Crippen molar-refractivity contribution in [2.45, 2.75) is 6.43 Å². The molecule has 1 fully saturated rings. The number of ether oxygens (including phenoxy) is 3. The van der Waals surface area contributed by atoms with E-state index in [0.29, 0.717) is 42.5 Å². The van der Waals surface area contributed by atoms with Crippen molar-refractivity contribution >= 4 is 5.95 Å². The molecular weight excluding hydrogens is 370 g/mol. The minimum absolute atomic E-state index is 0.177. The first-order valence-electron chi connectivity index (χ1n) is 9.04. The molecule has 0 saturated carbocycles. The third-order valence-electron chi connectivity index (χ3n) is 4.46. The van der Waals surface area contributed by atoms with Gasteiger partial charge in [0.2, 0.25) is 5.95 Å². The number of alkyl halides is 2. The number of benzene rings is 1. The molecule has 2 aromatic rings. The summed E-state index contributed by atoms with van der Waals surface area (Å²) in [6.07, 6.45) is -2.69. The second-order valence-electron chi connectivity index (χ2n) is 6.25. The molecule has 152 valence electrons. The molecule has 0 aliphatic carbocycles. The van der Waals surface area contributed by atoms with Gasteiger partial charge in [-0.05, 0) is 24.3 Å². The smallest absolute Gasteiger partial charge is 0.280 e. The van der Waals surface area contributed by atoms with Crippen LogP contribution in [0.3, 0.4) is 0 Å². The third-order valence-corrected chi connectivity index (χ3v) is 4.46. The Bertz CT molecular complexity index is 786. The number of nitrogens with zero attached hydrogens (tertiary/aromatic N) is 3. The average molecular weight is 394 g/mol.